The SMILES string of the molecule is CC1CCN(c2ccc([N+](=O)[O-])c3cnccc23)CC1. The van der Waals surface area contributed by atoms with Crippen LogP contribution >= 0.6 is 0 Å². The Balaban J connectivity index is 2.08. The van der Waals surface area contributed by atoms with Gasteiger partial charge in [-0.25, -0.2) is 0 Å². The number of nitro benzene ring substituents is 1. The molecule has 0 aliphatic carbocycles. The first-order valence-electron chi connectivity index (χ1n) is 6.93. The second-order valence-corrected chi connectivity index (χ2v) is 5.45. The first kappa shape index (κ1) is 12.8. The lowest BCUT2D eigenvalue weighted by Gasteiger charge is -2.32. The fourth-order valence-electron chi connectivity index (χ4n) is 2.84. The molecule has 0 atom stereocenters. The number of fused-ring (bicyclic) bond motifs is 1. The number of aromatic nitrogens is 1. The van der Waals surface area contributed by atoms with Crippen molar-refractivity contribution >= 4 is 22.1 Å². The predicted molar refractivity (Wildman–Crippen MR) is 79.0 cm³/mol. The quantitative estimate of drug-likeness (QED) is 0.620. The molecule has 1 aromatic heterocycles. The summed E-state index contributed by atoms with van der Waals surface area (Å²) in [5.41, 5.74) is 1.21. The van der Waals surface area contributed by atoms with Gasteiger partial charge in [-0.1, -0.05) is 6.92 Å². The van der Waals surface area contributed by atoms with Gasteiger partial charge < -0.3 is 4.90 Å². The highest BCUT2D eigenvalue weighted by molar-refractivity contribution is 5.99. The normalized spacial score (nSPS) is 16.6. The van der Waals surface area contributed by atoms with Crippen LogP contribution in [0.2, 0.25) is 0 Å². The van der Waals surface area contributed by atoms with Crippen LogP contribution in [0.5, 0.6) is 0 Å². The summed E-state index contributed by atoms with van der Waals surface area (Å²) in [5.74, 6) is 0.761. The molecule has 104 valence electrons. The lowest BCUT2D eigenvalue weighted by Crippen LogP contribution is -2.32. The van der Waals surface area contributed by atoms with Gasteiger partial charge in [-0.15, -0.1) is 0 Å². The Bertz CT molecular complexity index is 649. The number of piperidine rings is 1. The van der Waals surface area contributed by atoms with E-state index in [4.69, 9.17) is 0 Å². The van der Waals surface area contributed by atoms with Gasteiger partial charge in [0.15, 0.2) is 0 Å². The number of hydrogen-bond acceptors (Lipinski definition) is 4. The average Bonchev–Trinajstić information content (AvgIpc) is 2.47. The number of anilines is 1. The summed E-state index contributed by atoms with van der Waals surface area (Å²) in [4.78, 5) is 17.1. The highest BCUT2D eigenvalue weighted by Crippen LogP contribution is 2.34. The maximum Gasteiger partial charge on any atom is 0.278 e. The Hall–Kier alpha value is -2.17. The van der Waals surface area contributed by atoms with Gasteiger partial charge in [0.1, 0.15) is 0 Å². The summed E-state index contributed by atoms with van der Waals surface area (Å²) >= 11 is 0. The van der Waals surface area contributed by atoms with Crippen LogP contribution in [0, 0.1) is 16.0 Å². The standard InChI is InChI=1S/C15H17N3O2/c1-11-5-8-17(9-6-11)14-2-3-15(18(19)20)13-10-16-7-4-12(13)14/h2-4,7,10-11H,5-6,8-9H2,1H3. The number of pyridine rings is 1. The molecule has 2 heterocycles. The minimum Gasteiger partial charge on any atom is -0.371 e. The molecule has 1 aromatic carbocycles. The monoisotopic (exact) mass is 271 g/mol. The van der Waals surface area contributed by atoms with E-state index >= 15 is 0 Å². The molecule has 3 rings (SSSR count). The summed E-state index contributed by atoms with van der Waals surface area (Å²) in [5, 5.41) is 12.6. The lowest BCUT2D eigenvalue weighted by molar-refractivity contribution is -0.383. The van der Waals surface area contributed by atoms with Gasteiger partial charge in [0.2, 0.25) is 0 Å². The van der Waals surface area contributed by atoms with E-state index < -0.39 is 0 Å². The molecule has 1 aliphatic rings. The van der Waals surface area contributed by atoms with Gasteiger partial charge in [-0.3, -0.25) is 15.1 Å². The predicted octanol–water partition coefficient (Wildman–Crippen LogP) is 3.38. The summed E-state index contributed by atoms with van der Waals surface area (Å²) in [6.45, 7) is 4.29. The summed E-state index contributed by atoms with van der Waals surface area (Å²) in [7, 11) is 0. The first-order valence-corrected chi connectivity index (χ1v) is 6.93. The molecular weight excluding hydrogens is 254 g/mol. The molecular formula is C15H17N3O2. The van der Waals surface area contributed by atoms with Gasteiger partial charge in [-0.2, -0.15) is 0 Å². The smallest absolute Gasteiger partial charge is 0.278 e. The average molecular weight is 271 g/mol. The van der Waals surface area contributed by atoms with Crippen molar-refractivity contribution in [3.63, 3.8) is 0 Å². The fraction of sp³-hybridized carbons (Fsp3) is 0.400. The van der Waals surface area contributed by atoms with E-state index in [9.17, 15) is 10.1 Å². The van der Waals surface area contributed by atoms with Crippen molar-refractivity contribution in [3.05, 3.63) is 40.7 Å². The van der Waals surface area contributed by atoms with Crippen LogP contribution in [0.1, 0.15) is 19.8 Å². The lowest BCUT2D eigenvalue weighted by atomic mass is 9.98. The van der Waals surface area contributed by atoms with Gasteiger partial charge in [-0.05, 0) is 30.9 Å². The van der Waals surface area contributed by atoms with E-state index in [0.717, 1.165) is 30.1 Å². The zero-order valence-corrected chi connectivity index (χ0v) is 11.5. The molecule has 0 amide bonds. The van der Waals surface area contributed by atoms with Gasteiger partial charge in [0.25, 0.3) is 5.69 Å². The molecule has 1 fully saturated rings. The van der Waals surface area contributed by atoms with E-state index in [2.05, 4.69) is 16.8 Å². The van der Waals surface area contributed by atoms with E-state index in [1.54, 1.807) is 18.5 Å². The Morgan fingerprint density at radius 1 is 1.25 bits per heavy atom. The van der Waals surface area contributed by atoms with Crippen LogP contribution in [0.15, 0.2) is 30.6 Å². The Morgan fingerprint density at radius 2 is 2.00 bits per heavy atom. The van der Waals surface area contributed by atoms with E-state index in [1.807, 2.05) is 12.1 Å². The molecule has 0 saturated carbocycles. The van der Waals surface area contributed by atoms with Crippen molar-refractivity contribution in [3.8, 4) is 0 Å². The largest absolute Gasteiger partial charge is 0.371 e. The third kappa shape index (κ3) is 2.19. The van der Waals surface area contributed by atoms with Crippen molar-refractivity contribution < 1.29 is 4.92 Å². The fourth-order valence-corrected chi connectivity index (χ4v) is 2.84. The minimum atomic E-state index is -0.341. The van der Waals surface area contributed by atoms with Crippen molar-refractivity contribution in [2.45, 2.75) is 19.8 Å². The highest BCUT2D eigenvalue weighted by atomic mass is 16.6. The third-order valence-corrected chi connectivity index (χ3v) is 4.09. The van der Waals surface area contributed by atoms with Crippen molar-refractivity contribution in [1.82, 2.24) is 4.98 Å². The van der Waals surface area contributed by atoms with Crippen molar-refractivity contribution in [2.24, 2.45) is 5.92 Å². The zero-order chi connectivity index (χ0) is 14.1. The molecule has 0 radical (unpaired) electrons. The zero-order valence-electron chi connectivity index (χ0n) is 11.5. The highest BCUT2D eigenvalue weighted by Gasteiger charge is 2.20. The second kappa shape index (κ2) is 5.07. The third-order valence-electron chi connectivity index (χ3n) is 4.09. The number of non-ortho nitro benzene ring substituents is 1. The summed E-state index contributed by atoms with van der Waals surface area (Å²) in [6, 6.07) is 5.34. The Morgan fingerprint density at radius 3 is 2.70 bits per heavy atom. The summed E-state index contributed by atoms with van der Waals surface area (Å²) < 4.78 is 0. The number of nitro groups is 1. The van der Waals surface area contributed by atoms with Crippen molar-refractivity contribution in [1.29, 1.82) is 0 Å². The molecule has 0 N–H and O–H groups in total. The van der Waals surface area contributed by atoms with Crippen LogP contribution in [0.3, 0.4) is 0 Å². The maximum atomic E-state index is 11.1. The molecule has 1 saturated heterocycles. The van der Waals surface area contributed by atoms with Crippen LogP contribution in [-0.4, -0.2) is 23.0 Å². The Kier molecular flexibility index (Phi) is 3.26. The number of benzene rings is 1. The number of rotatable bonds is 2. The van der Waals surface area contributed by atoms with Gasteiger partial charge in [0.05, 0.1) is 10.3 Å². The van der Waals surface area contributed by atoms with E-state index in [-0.39, 0.29) is 10.6 Å². The van der Waals surface area contributed by atoms with Gasteiger partial charge in [0, 0.05) is 42.6 Å². The first-order chi connectivity index (χ1) is 9.66. The van der Waals surface area contributed by atoms with Crippen LogP contribution < -0.4 is 4.90 Å². The van der Waals surface area contributed by atoms with Crippen LogP contribution in [0.25, 0.3) is 10.8 Å². The number of hydrogen-bond donors (Lipinski definition) is 0. The molecule has 0 unspecified atom stereocenters. The Labute approximate surface area is 117 Å². The van der Waals surface area contributed by atoms with Gasteiger partial charge >= 0.3 is 0 Å². The van der Waals surface area contributed by atoms with Crippen LogP contribution in [0.4, 0.5) is 11.4 Å². The topological polar surface area (TPSA) is 59.3 Å². The molecule has 1 aliphatic heterocycles. The molecule has 0 bridgehead atoms. The van der Waals surface area contributed by atoms with Crippen LogP contribution in [-0.2, 0) is 0 Å². The molecule has 5 nitrogen and oxygen atoms in total. The molecule has 0 spiro atoms. The molecule has 5 heteroatoms. The minimum absolute atomic E-state index is 0.127. The molecule has 2 aromatic rings. The van der Waals surface area contributed by atoms with E-state index in [0.29, 0.717) is 5.39 Å². The summed E-state index contributed by atoms with van der Waals surface area (Å²) in [6.07, 6.45) is 5.62. The molecule has 20 heavy (non-hydrogen) atoms. The second-order valence-electron chi connectivity index (χ2n) is 5.45. The number of nitrogens with zero attached hydrogens (tertiary/aromatic N) is 3. The van der Waals surface area contributed by atoms with Crippen molar-refractivity contribution in [2.75, 3.05) is 18.0 Å². The van der Waals surface area contributed by atoms with E-state index in [1.165, 1.54) is 12.8 Å². The maximum absolute atomic E-state index is 11.1.